The molecule has 0 bridgehead atoms. The van der Waals surface area contributed by atoms with Crippen molar-refractivity contribution in [3.63, 3.8) is 0 Å². The average molecular weight is 362 g/mol. The van der Waals surface area contributed by atoms with Crippen LogP contribution in [0.5, 0.6) is 0 Å². The van der Waals surface area contributed by atoms with Gasteiger partial charge < -0.3 is 0 Å². The SMILES string of the molecule is Cc1cc(C)cc(-c2ccc3cc(-c4ccccc4)[se]c3n2)c1. The second-order valence-electron chi connectivity index (χ2n) is 5.94. The molecule has 0 unspecified atom stereocenters. The van der Waals surface area contributed by atoms with Crippen LogP contribution in [0.15, 0.2) is 66.7 Å². The van der Waals surface area contributed by atoms with E-state index < -0.39 is 0 Å². The molecule has 2 aromatic carbocycles. The van der Waals surface area contributed by atoms with Crippen molar-refractivity contribution in [2.45, 2.75) is 13.8 Å². The van der Waals surface area contributed by atoms with E-state index in [-0.39, 0.29) is 14.5 Å². The quantitative estimate of drug-likeness (QED) is 0.444. The summed E-state index contributed by atoms with van der Waals surface area (Å²) in [7, 11) is 0. The van der Waals surface area contributed by atoms with E-state index in [4.69, 9.17) is 4.98 Å². The van der Waals surface area contributed by atoms with Gasteiger partial charge in [0.1, 0.15) is 0 Å². The van der Waals surface area contributed by atoms with Crippen molar-refractivity contribution >= 4 is 24.3 Å². The molecule has 0 aliphatic heterocycles. The van der Waals surface area contributed by atoms with Gasteiger partial charge in [-0.2, -0.15) is 0 Å². The Morgan fingerprint density at radius 1 is 0.739 bits per heavy atom. The van der Waals surface area contributed by atoms with Gasteiger partial charge in [-0.3, -0.25) is 0 Å². The molecular weight excluding hydrogens is 345 g/mol. The summed E-state index contributed by atoms with van der Waals surface area (Å²) >= 11 is 0.283. The van der Waals surface area contributed by atoms with Crippen molar-refractivity contribution in [2.75, 3.05) is 0 Å². The first kappa shape index (κ1) is 14.4. The fraction of sp³-hybridized carbons (Fsp3) is 0.0952. The number of nitrogens with zero attached hydrogens (tertiary/aromatic N) is 1. The van der Waals surface area contributed by atoms with Gasteiger partial charge >= 0.3 is 142 Å². The van der Waals surface area contributed by atoms with Crippen LogP contribution < -0.4 is 0 Å². The Morgan fingerprint density at radius 2 is 1.48 bits per heavy atom. The molecule has 0 saturated heterocycles. The van der Waals surface area contributed by atoms with Gasteiger partial charge in [-0.05, 0) is 0 Å². The van der Waals surface area contributed by atoms with Crippen molar-refractivity contribution in [3.05, 3.63) is 77.9 Å². The van der Waals surface area contributed by atoms with Crippen LogP contribution in [-0.2, 0) is 0 Å². The van der Waals surface area contributed by atoms with Gasteiger partial charge in [0.15, 0.2) is 0 Å². The van der Waals surface area contributed by atoms with Crippen molar-refractivity contribution in [3.8, 4) is 21.3 Å². The molecule has 0 spiro atoms. The summed E-state index contributed by atoms with van der Waals surface area (Å²) in [6, 6.07) is 23.9. The van der Waals surface area contributed by atoms with Gasteiger partial charge in [0, 0.05) is 0 Å². The summed E-state index contributed by atoms with van der Waals surface area (Å²) < 4.78 is 2.66. The fourth-order valence-electron chi connectivity index (χ4n) is 2.95. The Hall–Kier alpha value is -2.15. The van der Waals surface area contributed by atoms with E-state index in [1.165, 1.54) is 36.5 Å². The van der Waals surface area contributed by atoms with Crippen LogP contribution in [0.4, 0.5) is 0 Å². The Balaban J connectivity index is 1.82. The Kier molecular flexibility index (Phi) is 3.65. The number of rotatable bonds is 2. The molecule has 1 nitrogen and oxygen atoms in total. The summed E-state index contributed by atoms with van der Waals surface area (Å²) in [5.41, 5.74) is 6.19. The van der Waals surface area contributed by atoms with Crippen LogP contribution in [0.1, 0.15) is 11.1 Å². The zero-order valence-electron chi connectivity index (χ0n) is 13.2. The molecule has 0 fully saturated rings. The molecule has 2 heterocycles. The van der Waals surface area contributed by atoms with E-state index in [9.17, 15) is 0 Å². The van der Waals surface area contributed by atoms with Gasteiger partial charge in [-0.25, -0.2) is 0 Å². The van der Waals surface area contributed by atoms with Gasteiger partial charge in [0.2, 0.25) is 0 Å². The van der Waals surface area contributed by atoms with Crippen LogP contribution in [-0.4, -0.2) is 19.5 Å². The van der Waals surface area contributed by atoms with Crippen molar-refractivity contribution < 1.29 is 0 Å². The van der Waals surface area contributed by atoms with E-state index in [2.05, 4.69) is 80.6 Å². The minimum absolute atomic E-state index is 0.283. The van der Waals surface area contributed by atoms with Crippen molar-refractivity contribution in [1.82, 2.24) is 4.98 Å². The summed E-state index contributed by atoms with van der Waals surface area (Å²) in [6.07, 6.45) is 0. The van der Waals surface area contributed by atoms with E-state index in [1.54, 1.807) is 0 Å². The third-order valence-electron chi connectivity index (χ3n) is 3.96. The number of hydrogen-bond acceptors (Lipinski definition) is 1. The van der Waals surface area contributed by atoms with Gasteiger partial charge in [-0.1, -0.05) is 0 Å². The van der Waals surface area contributed by atoms with Crippen LogP contribution in [0, 0.1) is 13.8 Å². The van der Waals surface area contributed by atoms with Crippen LogP contribution >= 0.6 is 0 Å². The molecule has 112 valence electrons. The van der Waals surface area contributed by atoms with Crippen molar-refractivity contribution in [2.24, 2.45) is 0 Å². The molecular formula is C21H17NSe. The third-order valence-corrected chi connectivity index (χ3v) is 6.25. The first-order valence-corrected chi connectivity index (χ1v) is 9.45. The zero-order valence-corrected chi connectivity index (χ0v) is 14.9. The first-order valence-electron chi connectivity index (χ1n) is 7.74. The second kappa shape index (κ2) is 5.81. The van der Waals surface area contributed by atoms with E-state index in [1.807, 2.05) is 0 Å². The maximum absolute atomic E-state index is 4.96. The molecule has 0 amide bonds. The fourth-order valence-corrected chi connectivity index (χ4v) is 5.12. The predicted octanol–water partition coefficient (Wildman–Crippen LogP) is 5.24. The topological polar surface area (TPSA) is 12.9 Å². The third kappa shape index (κ3) is 2.88. The molecule has 0 saturated carbocycles. The van der Waals surface area contributed by atoms with Crippen LogP contribution in [0.3, 0.4) is 0 Å². The molecule has 0 atom stereocenters. The van der Waals surface area contributed by atoms with Crippen LogP contribution in [0.2, 0.25) is 0 Å². The number of hydrogen-bond donors (Lipinski definition) is 0. The van der Waals surface area contributed by atoms with Crippen molar-refractivity contribution in [1.29, 1.82) is 0 Å². The molecule has 4 aromatic rings. The predicted molar refractivity (Wildman–Crippen MR) is 99.0 cm³/mol. The molecule has 4 rings (SSSR count). The zero-order chi connectivity index (χ0) is 15.8. The van der Waals surface area contributed by atoms with E-state index in [0.717, 1.165) is 5.69 Å². The Morgan fingerprint density at radius 3 is 2.22 bits per heavy atom. The molecule has 2 heteroatoms. The Bertz CT molecular complexity index is 963. The monoisotopic (exact) mass is 363 g/mol. The standard InChI is InChI=1S/C21H17NSe/c1-14-10-15(2)12-18(11-14)19-9-8-17-13-20(23-21(17)22-19)16-6-4-3-5-7-16/h3-13H,1-2H3. The van der Waals surface area contributed by atoms with E-state index in [0.29, 0.717) is 0 Å². The summed E-state index contributed by atoms with van der Waals surface area (Å²) in [5, 5.41) is 1.27. The number of pyridine rings is 1. The molecule has 0 aliphatic rings. The van der Waals surface area contributed by atoms with Gasteiger partial charge in [0.25, 0.3) is 0 Å². The Labute approximate surface area is 142 Å². The summed E-state index contributed by atoms with van der Waals surface area (Å²) in [5.74, 6) is 0. The molecule has 0 radical (unpaired) electrons. The summed E-state index contributed by atoms with van der Waals surface area (Å²) in [6.45, 7) is 4.28. The first-order chi connectivity index (χ1) is 11.2. The average Bonchev–Trinajstić information content (AvgIpc) is 2.98. The normalized spacial score (nSPS) is 11.0. The molecule has 0 aliphatic carbocycles. The summed E-state index contributed by atoms with van der Waals surface area (Å²) in [4.78, 5) is 4.96. The maximum atomic E-state index is 4.96. The van der Waals surface area contributed by atoms with Gasteiger partial charge in [0.05, 0.1) is 0 Å². The second-order valence-corrected chi connectivity index (χ2v) is 8.11. The van der Waals surface area contributed by atoms with E-state index >= 15 is 0 Å². The van der Waals surface area contributed by atoms with Crippen LogP contribution in [0.25, 0.3) is 31.0 Å². The number of aryl methyl sites for hydroxylation is 2. The minimum atomic E-state index is 0.283. The molecule has 23 heavy (non-hydrogen) atoms. The number of aromatic nitrogens is 1. The number of fused-ring (bicyclic) bond motifs is 1. The van der Waals surface area contributed by atoms with Gasteiger partial charge in [-0.15, -0.1) is 0 Å². The molecule has 2 aromatic heterocycles. The molecule has 0 N–H and O–H groups in total. The number of benzene rings is 2.